The number of hydrogen-bond donors (Lipinski definition) is 1. The standard InChI is InChI=1S/C29H33BrFN3O4S/c1-4-21(2)32-29(36)27(18-22-12-6-5-7-13-22)33(19-23-14-8-10-16-25(23)31)28(35)20-34(39(3,37)38)26-17-11-9-15-24(26)30/h5-17,21,27H,4,18-20H2,1-3H3,(H,32,36)/t21-,27+/m1/s1. The van der Waals surface area contributed by atoms with Gasteiger partial charge in [0.05, 0.1) is 11.9 Å². The fourth-order valence-corrected chi connectivity index (χ4v) is 5.53. The molecule has 7 nitrogen and oxygen atoms in total. The molecule has 0 bridgehead atoms. The van der Waals surface area contributed by atoms with Crippen molar-refractivity contribution in [2.75, 3.05) is 17.1 Å². The van der Waals surface area contributed by atoms with Gasteiger partial charge in [-0.3, -0.25) is 13.9 Å². The lowest BCUT2D eigenvalue weighted by molar-refractivity contribution is -0.140. The molecule has 0 aliphatic rings. The molecule has 0 heterocycles. The Morgan fingerprint density at radius 2 is 1.59 bits per heavy atom. The molecular weight excluding hydrogens is 585 g/mol. The molecule has 0 aliphatic heterocycles. The normalized spacial score (nSPS) is 12.8. The van der Waals surface area contributed by atoms with Gasteiger partial charge in [-0.05, 0) is 53.0 Å². The van der Waals surface area contributed by atoms with Crippen LogP contribution in [-0.4, -0.2) is 50.0 Å². The molecule has 2 amide bonds. The average molecular weight is 619 g/mol. The van der Waals surface area contributed by atoms with E-state index in [0.717, 1.165) is 16.1 Å². The van der Waals surface area contributed by atoms with E-state index in [1.807, 2.05) is 44.2 Å². The highest BCUT2D eigenvalue weighted by Crippen LogP contribution is 2.28. The number of rotatable bonds is 12. The summed E-state index contributed by atoms with van der Waals surface area (Å²) in [5, 5.41) is 2.94. The lowest BCUT2D eigenvalue weighted by Crippen LogP contribution is -2.54. The number of halogens is 2. The fourth-order valence-electron chi connectivity index (χ4n) is 4.05. The van der Waals surface area contributed by atoms with Crippen molar-refractivity contribution in [1.82, 2.24) is 10.2 Å². The highest BCUT2D eigenvalue weighted by Gasteiger charge is 2.34. The zero-order chi connectivity index (χ0) is 28.6. The SMILES string of the molecule is CC[C@@H](C)NC(=O)[C@H](Cc1ccccc1)N(Cc1ccccc1F)C(=O)CN(c1ccccc1Br)S(C)(=O)=O. The van der Waals surface area contributed by atoms with E-state index < -0.39 is 40.2 Å². The predicted octanol–water partition coefficient (Wildman–Crippen LogP) is 4.91. The summed E-state index contributed by atoms with van der Waals surface area (Å²) in [7, 11) is -3.90. The maximum Gasteiger partial charge on any atom is 0.244 e. The van der Waals surface area contributed by atoms with E-state index in [9.17, 15) is 22.4 Å². The zero-order valence-electron chi connectivity index (χ0n) is 22.2. The van der Waals surface area contributed by atoms with E-state index in [1.54, 1.807) is 42.5 Å². The molecule has 208 valence electrons. The van der Waals surface area contributed by atoms with E-state index in [4.69, 9.17) is 0 Å². The van der Waals surface area contributed by atoms with Gasteiger partial charge < -0.3 is 10.2 Å². The predicted molar refractivity (Wildman–Crippen MR) is 155 cm³/mol. The van der Waals surface area contributed by atoms with E-state index in [1.165, 1.54) is 11.0 Å². The third-order valence-electron chi connectivity index (χ3n) is 6.37. The van der Waals surface area contributed by atoms with Crippen LogP contribution in [0.1, 0.15) is 31.4 Å². The van der Waals surface area contributed by atoms with Gasteiger partial charge >= 0.3 is 0 Å². The van der Waals surface area contributed by atoms with Gasteiger partial charge in [0.25, 0.3) is 0 Å². The maximum atomic E-state index is 14.8. The van der Waals surface area contributed by atoms with Crippen LogP contribution in [0, 0.1) is 5.82 Å². The van der Waals surface area contributed by atoms with Crippen molar-refractivity contribution in [1.29, 1.82) is 0 Å². The van der Waals surface area contributed by atoms with Crippen molar-refractivity contribution in [2.45, 2.75) is 45.3 Å². The molecule has 0 saturated heterocycles. The van der Waals surface area contributed by atoms with E-state index >= 15 is 0 Å². The second kappa shape index (κ2) is 13.7. The quantitative estimate of drug-likeness (QED) is 0.313. The molecule has 39 heavy (non-hydrogen) atoms. The molecule has 3 aromatic rings. The number of nitrogens with zero attached hydrogens (tertiary/aromatic N) is 2. The monoisotopic (exact) mass is 617 g/mol. The Hall–Kier alpha value is -3.24. The van der Waals surface area contributed by atoms with Crippen LogP contribution in [0.5, 0.6) is 0 Å². The summed E-state index contributed by atoms with van der Waals surface area (Å²) in [4.78, 5) is 28.9. The first-order chi connectivity index (χ1) is 18.5. The molecule has 10 heteroatoms. The summed E-state index contributed by atoms with van der Waals surface area (Å²) in [5.41, 5.74) is 1.30. The second-order valence-electron chi connectivity index (χ2n) is 9.36. The molecule has 3 rings (SSSR count). The van der Waals surface area contributed by atoms with Crippen molar-refractivity contribution in [3.8, 4) is 0 Å². The molecule has 3 aromatic carbocycles. The first-order valence-electron chi connectivity index (χ1n) is 12.6. The van der Waals surface area contributed by atoms with Crippen LogP contribution in [0.3, 0.4) is 0 Å². The topological polar surface area (TPSA) is 86.8 Å². The Morgan fingerprint density at radius 1 is 0.974 bits per heavy atom. The Labute approximate surface area is 238 Å². The van der Waals surface area contributed by atoms with Gasteiger partial charge in [-0.15, -0.1) is 0 Å². The summed E-state index contributed by atoms with van der Waals surface area (Å²) >= 11 is 3.37. The number of amides is 2. The Morgan fingerprint density at radius 3 is 2.21 bits per heavy atom. The molecule has 0 unspecified atom stereocenters. The third kappa shape index (κ3) is 8.37. The Kier molecular flexibility index (Phi) is 10.7. The molecule has 0 fully saturated rings. The van der Waals surface area contributed by atoms with Crippen LogP contribution < -0.4 is 9.62 Å². The largest absolute Gasteiger partial charge is 0.352 e. The van der Waals surface area contributed by atoms with Crippen LogP contribution in [0.25, 0.3) is 0 Å². The lowest BCUT2D eigenvalue weighted by Gasteiger charge is -2.34. The number of benzene rings is 3. The maximum absolute atomic E-state index is 14.8. The zero-order valence-corrected chi connectivity index (χ0v) is 24.6. The summed E-state index contributed by atoms with van der Waals surface area (Å²) in [5.74, 6) is -1.56. The highest BCUT2D eigenvalue weighted by atomic mass is 79.9. The van der Waals surface area contributed by atoms with Gasteiger partial charge in [0.1, 0.15) is 18.4 Å². The summed E-state index contributed by atoms with van der Waals surface area (Å²) in [6.07, 6.45) is 1.85. The number of sulfonamides is 1. The van der Waals surface area contributed by atoms with E-state index in [-0.39, 0.29) is 30.3 Å². The summed E-state index contributed by atoms with van der Waals surface area (Å²) < 4.78 is 41.9. The molecule has 0 aliphatic carbocycles. The number of para-hydroxylation sites is 1. The minimum absolute atomic E-state index is 0.158. The van der Waals surface area contributed by atoms with Crippen molar-refractivity contribution in [3.63, 3.8) is 0 Å². The minimum Gasteiger partial charge on any atom is -0.352 e. The first-order valence-corrected chi connectivity index (χ1v) is 15.2. The van der Waals surface area contributed by atoms with Crippen LogP contribution in [0.15, 0.2) is 83.3 Å². The van der Waals surface area contributed by atoms with Crippen LogP contribution in [0.4, 0.5) is 10.1 Å². The number of anilines is 1. The Bertz CT molecular complexity index is 1390. The third-order valence-corrected chi connectivity index (χ3v) is 8.17. The van der Waals surface area contributed by atoms with Crippen molar-refractivity contribution < 1.29 is 22.4 Å². The number of nitrogens with one attached hydrogen (secondary N) is 1. The molecular formula is C29H33BrFN3O4S. The van der Waals surface area contributed by atoms with Gasteiger partial charge in [0.15, 0.2) is 0 Å². The van der Waals surface area contributed by atoms with Gasteiger partial charge in [0, 0.05) is 29.0 Å². The number of hydrogen-bond acceptors (Lipinski definition) is 4. The summed E-state index contributed by atoms with van der Waals surface area (Å²) in [6.45, 7) is 3.00. The summed E-state index contributed by atoms with van der Waals surface area (Å²) in [6, 6.07) is 20.7. The van der Waals surface area contributed by atoms with Gasteiger partial charge in [-0.1, -0.05) is 67.6 Å². The van der Waals surface area contributed by atoms with Crippen LogP contribution in [0.2, 0.25) is 0 Å². The molecule has 1 N–H and O–H groups in total. The highest BCUT2D eigenvalue weighted by molar-refractivity contribution is 9.10. The van der Waals surface area contributed by atoms with Gasteiger partial charge in [0.2, 0.25) is 21.8 Å². The van der Waals surface area contributed by atoms with Gasteiger partial charge in [-0.25, -0.2) is 12.8 Å². The molecule has 0 radical (unpaired) electrons. The Balaban J connectivity index is 2.08. The van der Waals surface area contributed by atoms with Crippen molar-refractivity contribution in [2.24, 2.45) is 0 Å². The van der Waals surface area contributed by atoms with Crippen LogP contribution in [-0.2, 0) is 32.6 Å². The van der Waals surface area contributed by atoms with Crippen LogP contribution >= 0.6 is 15.9 Å². The van der Waals surface area contributed by atoms with Gasteiger partial charge in [-0.2, -0.15) is 0 Å². The molecule has 0 spiro atoms. The average Bonchev–Trinajstić information content (AvgIpc) is 2.90. The fraction of sp³-hybridized carbons (Fsp3) is 0.310. The van der Waals surface area contributed by atoms with Crippen molar-refractivity contribution in [3.05, 3.63) is 100 Å². The second-order valence-corrected chi connectivity index (χ2v) is 12.1. The molecule has 2 atom stereocenters. The lowest BCUT2D eigenvalue weighted by atomic mass is 10.0. The van der Waals surface area contributed by atoms with E-state index in [0.29, 0.717) is 10.9 Å². The molecule has 0 saturated carbocycles. The first kappa shape index (κ1) is 30.3. The number of carbonyl (C=O) groups is 2. The minimum atomic E-state index is -3.90. The van der Waals surface area contributed by atoms with E-state index in [2.05, 4.69) is 21.2 Å². The number of carbonyl (C=O) groups excluding carboxylic acids is 2. The molecule has 0 aromatic heterocycles. The smallest absolute Gasteiger partial charge is 0.244 e. The van der Waals surface area contributed by atoms with Crippen molar-refractivity contribution >= 4 is 43.5 Å².